The normalized spacial score (nSPS) is 19.3. The number of nitrogens with zero attached hydrogens (tertiary/aromatic N) is 1. The molecule has 0 amide bonds. The molecule has 0 saturated carbocycles. The van der Waals surface area contributed by atoms with Gasteiger partial charge in [0.05, 0.1) is 98.6 Å². The molecular weight excluding hydrogens is 784 g/mol. The SMILES string of the molecule is Cc1cn([C@H]2C[C@H](O)[C@@H](COP(=O)([O-])OCCOCCOCCOCCOCCOCCOP(=O)([O-])OCCCCCCCCCCCCN)O2)c(=O)[nH]c1=O. The maximum atomic E-state index is 12.1. The van der Waals surface area contributed by atoms with Crippen molar-refractivity contribution in [2.24, 2.45) is 5.73 Å². The van der Waals surface area contributed by atoms with Crippen molar-refractivity contribution < 1.29 is 70.5 Å². The first-order valence-electron chi connectivity index (χ1n) is 19.4. The molecule has 328 valence electrons. The van der Waals surface area contributed by atoms with Crippen LogP contribution in [0.1, 0.15) is 82.4 Å². The average Bonchev–Trinajstić information content (AvgIpc) is 3.53. The van der Waals surface area contributed by atoms with Crippen molar-refractivity contribution in [1.82, 2.24) is 9.55 Å². The molecule has 0 spiro atoms. The lowest BCUT2D eigenvalue weighted by atomic mass is 10.1. The summed E-state index contributed by atoms with van der Waals surface area (Å²) in [6.07, 6.45) is 9.24. The van der Waals surface area contributed by atoms with Gasteiger partial charge in [0.15, 0.2) is 0 Å². The van der Waals surface area contributed by atoms with Crippen molar-refractivity contribution in [3.8, 4) is 0 Å². The van der Waals surface area contributed by atoms with E-state index in [0.717, 1.165) is 36.8 Å². The third kappa shape index (κ3) is 24.5. The summed E-state index contributed by atoms with van der Waals surface area (Å²) in [5.74, 6) is 0. The van der Waals surface area contributed by atoms with Crippen LogP contribution in [-0.4, -0.2) is 126 Å². The van der Waals surface area contributed by atoms with E-state index in [1.54, 1.807) is 0 Å². The molecule has 1 aromatic heterocycles. The molecule has 0 radical (unpaired) electrons. The summed E-state index contributed by atoms with van der Waals surface area (Å²) in [6, 6.07) is 0. The minimum Gasteiger partial charge on any atom is -0.756 e. The molecule has 56 heavy (non-hydrogen) atoms. The second-order valence-corrected chi connectivity index (χ2v) is 15.8. The lowest BCUT2D eigenvalue weighted by Gasteiger charge is -2.25. The van der Waals surface area contributed by atoms with E-state index in [-0.39, 0.29) is 64.8 Å². The van der Waals surface area contributed by atoms with Crippen LogP contribution in [-0.2, 0) is 55.6 Å². The third-order valence-electron chi connectivity index (χ3n) is 8.35. The summed E-state index contributed by atoms with van der Waals surface area (Å²) in [5.41, 5.74) is 4.51. The van der Waals surface area contributed by atoms with Gasteiger partial charge in [-0.15, -0.1) is 0 Å². The van der Waals surface area contributed by atoms with Crippen LogP contribution in [0.5, 0.6) is 0 Å². The molecule has 1 aliphatic heterocycles. The van der Waals surface area contributed by atoms with Crippen LogP contribution in [0.2, 0.25) is 0 Å². The van der Waals surface area contributed by atoms with Crippen LogP contribution in [0, 0.1) is 6.92 Å². The number of phosphoric ester groups is 2. The van der Waals surface area contributed by atoms with Crippen molar-refractivity contribution in [3.05, 3.63) is 32.6 Å². The standard InChI is InChI=1S/C34H65N3O17P2/c1-29-27-37(34(40)36-33(29)39)32-26-30(38)31(54-32)28-53-56(43,44)52-25-23-49-21-19-47-17-15-45-14-16-46-18-20-48-22-24-51-55(41,42)50-13-11-9-7-5-3-2-4-6-8-10-12-35/h27,30-32,38H,2-26,28,35H2,1H3,(H,41,42)(H,43,44)(H,36,39,40)/p-2/t30-,31+,32+/m0/s1. The Hall–Kier alpha value is -1.42. The van der Waals surface area contributed by atoms with Gasteiger partial charge in [-0.25, -0.2) is 4.79 Å². The molecule has 1 saturated heterocycles. The molecule has 2 unspecified atom stereocenters. The van der Waals surface area contributed by atoms with E-state index in [1.165, 1.54) is 45.2 Å². The van der Waals surface area contributed by atoms with Gasteiger partial charge in [0.25, 0.3) is 21.2 Å². The maximum absolute atomic E-state index is 12.1. The molecule has 20 nitrogen and oxygen atoms in total. The van der Waals surface area contributed by atoms with Crippen molar-refractivity contribution in [3.63, 3.8) is 0 Å². The van der Waals surface area contributed by atoms with Crippen LogP contribution >= 0.6 is 15.6 Å². The third-order valence-corrected chi connectivity index (χ3v) is 10.3. The van der Waals surface area contributed by atoms with Gasteiger partial charge in [-0.3, -0.25) is 23.5 Å². The highest BCUT2D eigenvalue weighted by atomic mass is 31.2. The van der Waals surface area contributed by atoms with Gasteiger partial charge in [-0.05, 0) is 26.3 Å². The van der Waals surface area contributed by atoms with Gasteiger partial charge in [0.2, 0.25) is 0 Å². The van der Waals surface area contributed by atoms with Crippen LogP contribution in [0.3, 0.4) is 0 Å². The number of hydrogen-bond acceptors (Lipinski definition) is 18. The Morgan fingerprint density at radius 2 is 1.11 bits per heavy atom. The number of nitrogens with two attached hydrogens (primary N) is 1. The average molecular weight is 848 g/mol. The van der Waals surface area contributed by atoms with E-state index in [9.17, 15) is 33.6 Å². The number of ether oxygens (including phenoxy) is 6. The molecule has 1 aliphatic rings. The van der Waals surface area contributed by atoms with E-state index in [1.807, 2.05) is 0 Å². The lowest BCUT2D eigenvalue weighted by molar-refractivity contribution is -0.229. The highest BCUT2D eigenvalue weighted by Crippen LogP contribution is 2.40. The Labute approximate surface area is 328 Å². The number of aryl methyl sites for hydroxylation is 1. The van der Waals surface area contributed by atoms with Gasteiger partial charge < -0.3 is 67.1 Å². The van der Waals surface area contributed by atoms with Gasteiger partial charge in [-0.2, -0.15) is 0 Å². The molecule has 2 heterocycles. The minimum atomic E-state index is -4.73. The van der Waals surface area contributed by atoms with E-state index in [2.05, 4.69) is 4.98 Å². The zero-order valence-electron chi connectivity index (χ0n) is 32.6. The summed E-state index contributed by atoms with van der Waals surface area (Å²) < 4.78 is 76.7. The Balaban J connectivity index is 1.31. The maximum Gasteiger partial charge on any atom is 0.330 e. The zero-order chi connectivity index (χ0) is 40.9. The number of unbranched alkanes of at least 4 members (excludes halogenated alkanes) is 9. The van der Waals surface area contributed by atoms with Crippen molar-refractivity contribution in [2.45, 2.75) is 96.0 Å². The quantitative estimate of drug-likeness (QED) is 0.0631. The summed E-state index contributed by atoms with van der Waals surface area (Å²) >= 11 is 0. The molecular formula is C34H63N3O17P2-2. The number of aliphatic hydroxyl groups excluding tert-OH is 1. The van der Waals surface area contributed by atoms with Crippen LogP contribution in [0.15, 0.2) is 15.8 Å². The number of rotatable bonds is 37. The number of aliphatic hydroxyl groups is 1. The molecule has 0 aliphatic carbocycles. The van der Waals surface area contributed by atoms with E-state index in [0.29, 0.717) is 39.5 Å². The number of aromatic amines is 1. The van der Waals surface area contributed by atoms with Gasteiger partial charge in [0, 0.05) is 18.2 Å². The smallest absolute Gasteiger partial charge is 0.330 e. The van der Waals surface area contributed by atoms with Gasteiger partial charge >= 0.3 is 5.69 Å². The number of phosphoric acid groups is 2. The summed E-state index contributed by atoms with van der Waals surface area (Å²) in [6.45, 7) is 3.75. The predicted octanol–water partition coefficient (Wildman–Crippen LogP) is 1.44. The topological polar surface area (TPSA) is 274 Å². The molecule has 4 N–H and O–H groups in total. The Morgan fingerprint density at radius 3 is 1.59 bits per heavy atom. The fraction of sp³-hybridized carbons (Fsp3) is 0.882. The van der Waals surface area contributed by atoms with E-state index in [4.69, 9.17) is 52.2 Å². The highest BCUT2D eigenvalue weighted by molar-refractivity contribution is 7.46. The van der Waals surface area contributed by atoms with Gasteiger partial charge in [0.1, 0.15) is 12.3 Å². The Bertz CT molecular complexity index is 1370. The Morgan fingerprint density at radius 1 is 0.696 bits per heavy atom. The number of aromatic nitrogens is 2. The second-order valence-electron chi connectivity index (χ2n) is 13.0. The van der Waals surface area contributed by atoms with E-state index >= 15 is 0 Å². The molecule has 5 atom stereocenters. The highest BCUT2D eigenvalue weighted by Gasteiger charge is 2.36. The van der Waals surface area contributed by atoms with E-state index < -0.39 is 51.9 Å². The minimum absolute atomic E-state index is 0.0119. The molecule has 22 heteroatoms. The summed E-state index contributed by atoms with van der Waals surface area (Å²) in [4.78, 5) is 49.7. The molecule has 0 aromatic carbocycles. The zero-order valence-corrected chi connectivity index (χ0v) is 34.4. The monoisotopic (exact) mass is 847 g/mol. The van der Waals surface area contributed by atoms with Crippen molar-refractivity contribution >= 4 is 15.6 Å². The summed E-state index contributed by atoms with van der Waals surface area (Å²) in [5, 5.41) is 10.2. The predicted molar refractivity (Wildman–Crippen MR) is 199 cm³/mol. The molecule has 0 bridgehead atoms. The first kappa shape index (κ1) is 50.7. The molecule has 1 fully saturated rings. The van der Waals surface area contributed by atoms with Crippen LogP contribution in [0.25, 0.3) is 0 Å². The van der Waals surface area contributed by atoms with Crippen LogP contribution < -0.4 is 26.8 Å². The fourth-order valence-corrected chi connectivity index (χ4v) is 6.74. The number of nitrogens with one attached hydrogen (secondary N) is 1. The lowest BCUT2D eigenvalue weighted by Crippen LogP contribution is -2.33. The molecule has 2 rings (SSSR count). The van der Waals surface area contributed by atoms with Crippen molar-refractivity contribution in [2.75, 3.05) is 99.0 Å². The van der Waals surface area contributed by atoms with Crippen molar-refractivity contribution in [1.29, 1.82) is 0 Å². The second kappa shape index (κ2) is 30.6. The Kier molecular flexibility index (Phi) is 27.7. The fourth-order valence-electron chi connectivity index (χ4n) is 5.31. The molecule has 1 aromatic rings. The summed E-state index contributed by atoms with van der Waals surface area (Å²) in [7, 11) is -9.07. The number of H-pyrrole nitrogens is 1. The van der Waals surface area contributed by atoms with Crippen LogP contribution in [0.4, 0.5) is 0 Å². The number of hydrogen-bond donors (Lipinski definition) is 3. The first-order chi connectivity index (χ1) is 26.9. The van der Waals surface area contributed by atoms with Gasteiger partial charge in [-0.1, -0.05) is 51.4 Å². The largest absolute Gasteiger partial charge is 0.756 e. The first-order valence-corrected chi connectivity index (χ1v) is 22.3.